The molecule has 1 fully saturated rings. The van der Waals surface area contributed by atoms with Crippen molar-refractivity contribution in [2.24, 2.45) is 5.73 Å². The van der Waals surface area contributed by atoms with E-state index >= 15 is 0 Å². The van der Waals surface area contributed by atoms with Crippen LogP contribution in [0.15, 0.2) is 4.90 Å². The summed E-state index contributed by atoms with van der Waals surface area (Å²) in [4.78, 5) is 0.386. The van der Waals surface area contributed by atoms with Crippen molar-refractivity contribution in [3.63, 3.8) is 0 Å². The minimum atomic E-state index is -3.41. The van der Waals surface area contributed by atoms with Gasteiger partial charge in [0.2, 0.25) is 10.0 Å². The summed E-state index contributed by atoms with van der Waals surface area (Å²) in [5, 5.41) is 4.36. The number of aromatic nitrogens is 2. The van der Waals surface area contributed by atoms with Crippen LogP contribution in [0.5, 0.6) is 0 Å². The predicted octanol–water partition coefficient (Wildman–Crippen LogP) is 1.02. The first-order valence-corrected chi connectivity index (χ1v) is 8.66. The van der Waals surface area contributed by atoms with Crippen LogP contribution in [0, 0.1) is 13.8 Å². The highest BCUT2D eigenvalue weighted by Crippen LogP contribution is 2.26. The fourth-order valence-corrected chi connectivity index (χ4v) is 4.64. The third-order valence-electron chi connectivity index (χ3n) is 3.80. The van der Waals surface area contributed by atoms with Crippen molar-refractivity contribution < 1.29 is 8.42 Å². The van der Waals surface area contributed by atoms with E-state index in [1.165, 1.54) is 0 Å². The van der Waals surface area contributed by atoms with Gasteiger partial charge in [-0.25, -0.2) is 8.42 Å². The van der Waals surface area contributed by atoms with E-state index in [1.54, 1.807) is 15.9 Å². The van der Waals surface area contributed by atoms with E-state index < -0.39 is 10.0 Å². The Bertz CT molecular complexity index is 559. The normalized spacial score (nSPS) is 17.6. The summed E-state index contributed by atoms with van der Waals surface area (Å²) in [6, 6.07) is 0. The molecule has 0 aliphatic carbocycles. The zero-order valence-corrected chi connectivity index (χ0v) is 13.1. The van der Waals surface area contributed by atoms with Gasteiger partial charge < -0.3 is 5.73 Å². The third-order valence-corrected chi connectivity index (χ3v) is 5.95. The molecule has 0 aromatic carbocycles. The van der Waals surface area contributed by atoms with Gasteiger partial charge in [-0.05, 0) is 39.7 Å². The third kappa shape index (κ3) is 2.89. The Hall–Kier alpha value is -0.920. The molecule has 0 saturated carbocycles. The van der Waals surface area contributed by atoms with E-state index in [-0.39, 0.29) is 0 Å². The minimum absolute atomic E-state index is 0.386. The van der Waals surface area contributed by atoms with Gasteiger partial charge in [0.25, 0.3) is 0 Å². The zero-order chi connectivity index (χ0) is 14.8. The van der Waals surface area contributed by atoms with Crippen LogP contribution in [0.4, 0.5) is 0 Å². The predicted molar refractivity (Wildman–Crippen MR) is 78.0 cm³/mol. The lowest BCUT2D eigenvalue weighted by molar-refractivity contribution is 0.346. The first-order valence-electron chi connectivity index (χ1n) is 7.22. The number of hydrogen-bond donors (Lipinski definition) is 1. The Labute approximate surface area is 121 Å². The molecule has 1 aromatic heterocycles. The summed E-state index contributed by atoms with van der Waals surface area (Å²) in [5.74, 6) is 0. The molecule has 1 aliphatic heterocycles. The van der Waals surface area contributed by atoms with E-state index in [2.05, 4.69) is 5.10 Å². The highest BCUT2D eigenvalue weighted by atomic mass is 32.2. The molecule has 2 heterocycles. The summed E-state index contributed by atoms with van der Waals surface area (Å²) in [7, 11) is -3.41. The lowest BCUT2D eigenvalue weighted by Crippen LogP contribution is -2.36. The number of nitrogens with zero attached hydrogens (tertiary/aromatic N) is 3. The van der Waals surface area contributed by atoms with Crippen molar-refractivity contribution >= 4 is 10.0 Å². The van der Waals surface area contributed by atoms with Gasteiger partial charge in [-0.15, -0.1) is 0 Å². The number of rotatable bonds is 5. The first kappa shape index (κ1) is 15.5. The van der Waals surface area contributed by atoms with Crippen molar-refractivity contribution in [1.82, 2.24) is 14.1 Å². The van der Waals surface area contributed by atoms with Crippen LogP contribution >= 0.6 is 0 Å². The molecule has 0 atom stereocenters. The lowest BCUT2D eigenvalue weighted by Gasteiger charge is -2.26. The van der Waals surface area contributed by atoms with E-state index in [1.807, 2.05) is 6.92 Å². The quantitative estimate of drug-likeness (QED) is 0.880. The molecule has 1 aromatic rings. The van der Waals surface area contributed by atoms with Crippen molar-refractivity contribution in [1.29, 1.82) is 0 Å². The first-order chi connectivity index (χ1) is 9.48. The van der Waals surface area contributed by atoms with Crippen LogP contribution in [-0.4, -0.2) is 42.1 Å². The van der Waals surface area contributed by atoms with Gasteiger partial charge in [-0.1, -0.05) is 6.42 Å². The molecule has 2 rings (SSSR count). The van der Waals surface area contributed by atoms with Gasteiger partial charge in [0.1, 0.15) is 4.90 Å². The van der Waals surface area contributed by atoms with Crippen LogP contribution in [0.2, 0.25) is 0 Å². The number of hydrogen-bond acceptors (Lipinski definition) is 4. The molecule has 0 bridgehead atoms. The molecule has 0 radical (unpaired) electrons. The average Bonchev–Trinajstić information content (AvgIpc) is 2.72. The van der Waals surface area contributed by atoms with Gasteiger partial charge in [0, 0.05) is 19.6 Å². The highest BCUT2D eigenvalue weighted by Gasteiger charge is 2.31. The van der Waals surface area contributed by atoms with Crippen LogP contribution in [-0.2, 0) is 16.6 Å². The SMILES string of the molecule is Cc1nn(CCCN)c(C)c1S(=O)(=O)N1CCCCC1. The number of aryl methyl sites for hydroxylation is 2. The molecule has 6 nitrogen and oxygen atoms in total. The topological polar surface area (TPSA) is 81.2 Å². The van der Waals surface area contributed by atoms with Gasteiger partial charge in [0.05, 0.1) is 11.4 Å². The van der Waals surface area contributed by atoms with Crippen LogP contribution in [0.3, 0.4) is 0 Å². The van der Waals surface area contributed by atoms with Crippen molar-refractivity contribution in [2.75, 3.05) is 19.6 Å². The molecule has 0 spiro atoms. The molecular weight excluding hydrogens is 276 g/mol. The van der Waals surface area contributed by atoms with Gasteiger partial charge in [0.15, 0.2) is 0 Å². The molecule has 114 valence electrons. The molecular formula is C13H24N4O2S. The van der Waals surface area contributed by atoms with E-state index in [4.69, 9.17) is 5.73 Å². The minimum Gasteiger partial charge on any atom is -0.330 e. The summed E-state index contributed by atoms with van der Waals surface area (Å²) in [6.07, 6.45) is 3.79. The second-order valence-electron chi connectivity index (χ2n) is 5.33. The highest BCUT2D eigenvalue weighted by molar-refractivity contribution is 7.89. The van der Waals surface area contributed by atoms with Crippen molar-refractivity contribution in [2.45, 2.75) is 51.0 Å². The van der Waals surface area contributed by atoms with E-state index in [0.717, 1.165) is 31.4 Å². The molecule has 20 heavy (non-hydrogen) atoms. The van der Waals surface area contributed by atoms with Crippen molar-refractivity contribution in [3.05, 3.63) is 11.4 Å². The smallest absolute Gasteiger partial charge is 0.246 e. The summed E-state index contributed by atoms with van der Waals surface area (Å²) in [5.41, 5.74) is 6.82. The number of nitrogens with two attached hydrogens (primary N) is 1. The van der Waals surface area contributed by atoms with Crippen molar-refractivity contribution in [3.8, 4) is 0 Å². The Morgan fingerprint density at radius 2 is 1.85 bits per heavy atom. The standard InChI is InChI=1S/C13H24N4O2S/c1-11-13(12(2)17(15-11)10-6-7-14)20(18,19)16-8-4-3-5-9-16/h3-10,14H2,1-2H3. The maximum Gasteiger partial charge on any atom is 0.246 e. The summed E-state index contributed by atoms with van der Waals surface area (Å²) in [6.45, 7) is 6.08. The molecule has 0 amide bonds. The Kier molecular flexibility index (Phi) is 4.82. The molecule has 0 unspecified atom stereocenters. The molecule has 1 saturated heterocycles. The largest absolute Gasteiger partial charge is 0.330 e. The average molecular weight is 300 g/mol. The molecule has 2 N–H and O–H groups in total. The Morgan fingerprint density at radius 3 is 2.45 bits per heavy atom. The molecule has 1 aliphatic rings. The Balaban J connectivity index is 2.33. The van der Waals surface area contributed by atoms with Gasteiger partial charge >= 0.3 is 0 Å². The van der Waals surface area contributed by atoms with Crippen LogP contribution in [0.25, 0.3) is 0 Å². The second kappa shape index (κ2) is 6.24. The zero-order valence-electron chi connectivity index (χ0n) is 12.3. The monoisotopic (exact) mass is 300 g/mol. The lowest BCUT2D eigenvalue weighted by atomic mass is 10.2. The summed E-state index contributed by atoms with van der Waals surface area (Å²) < 4.78 is 28.9. The fourth-order valence-electron chi connectivity index (χ4n) is 2.75. The van der Waals surface area contributed by atoms with E-state index in [0.29, 0.717) is 36.8 Å². The van der Waals surface area contributed by atoms with Gasteiger partial charge in [-0.3, -0.25) is 4.68 Å². The second-order valence-corrected chi connectivity index (χ2v) is 7.20. The van der Waals surface area contributed by atoms with Crippen LogP contribution < -0.4 is 5.73 Å². The van der Waals surface area contributed by atoms with E-state index in [9.17, 15) is 8.42 Å². The fraction of sp³-hybridized carbons (Fsp3) is 0.769. The van der Waals surface area contributed by atoms with Crippen LogP contribution in [0.1, 0.15) is 37.1 Å². The maximum absolute atomic E-state index is 12.8. The van der Waals surface area contributed by atoms with Gasteiger partial charge in [-0.2, -0.15) is 9.40 Å². The number of sulfonamides is 1. The maximum atomic E-state index is 12.8. The summed E-state index contributed by atoms with van der Waals surface area (Å²) >= 11 is 0. The molecule has 7 heteroatoms. The Morgan fingerprint density at radius 1 is 1.20 bits per heavy atom. The number of piperidine rings is 1.